The Kier molecular flexibility index (Phi) is 4.76. The number of esters is 1. The van der Waals surface area contributed by atoms with Gasteiger partial charge in [0.25, 0.3) is 0 Å². The summed E-state index contributed by atoms with van der Waals surface area (Å²) in [5.74, 6) is -0.434. The van der Waals surface area contributed by atoms with Crippen molar-refractivity contribution in [3.8, 4) is 5.75 Å². The zero-order chi connectivity index (χ0) is 15.2. The van der Waals surface area contributed by atoms with Gasteiger partial charge < -0.3 is 19.9 Å². The van der Waals surface area contributed by atoms with Gasteiger partial charge in [0.2, 0.25) is 0 Å². The second-order valence-corrected chi connectivity index (χ2v) is 4.22. The number of benzene rings is 2. The third-order valence-corrected chi connectivity index (χ3v) is 2.82. The van der Waals surface area contributed by atoms with Gasteiger partial charge in [0.1, 0.15) is 12.4 Å². The molecule has 0 heterocycles. The molecule has 0 aromatic heterocycles. The molecule has 0 radical (unpaired) electrons. The van der Waals surface area contributed by atoms with Gasteiger partial charge in [-0.25, -0.2) is 4.79 Å². The van der Waals surface area contributed by atoms with Crippen LogP contribution in [-0.4, -0.2) is 18.3 Å². The van der Waals surface area contributed by atoms with E-state index in [2.05, 4.69) is 4.74 Å². The van der Waals surface area contributed by atoms with Gasteiger partial charge in [-0.05, 0) is 23.8 Å². The Bertz CT molecular complexity index is 613. The minimum Gasteiger partial charge on any atom is -0.733 e. The van der Waals surface area contributed by atoms with E-state index in [4.69, 9.17) is 9.94 Å². The molecule has 6 heteroatoms. The quantitative estimate of drug-likeness (QED) is 0.673. The summed E-state index contributed by atoms with van der Waals surface area (Å²) < 4.78 is 10.1. The number of carbonyl (C=O) groups excluding carboxylic acids is 1. The van der Waals surface area contributed by atoms with E-state index in [0.29, 0.717) is 0 Å². The van der Waals surface area contributed by atoms with Gasteiger partial charge in [-0.15, -0.1) is 0 Å². The molecule has 0 amide bonds. The summed E-state index contributed by atoms with van der Waals surface area (Å²) in [7, 11) is 1.23. The summed E-state index contributed by atoms with van der Waals surface area (Å²) in [6.07, 6.45) is 0. The van der Waals surface area contributed by atoms with E-state index in [-0.39, 0.29) is 28.8 Å². The van der Waals surface area contributed by atoms with Gasteiger partial charge in [-0.3, -0.25) is 5.21 Å². The van der Waals surface area contributed by atoms with Crippen LogP contribution in [0, 0.1) is 5.21 Å². The standard InChI is InChI=1S/C15H14NO5/c1-20-15(17)12-7-8-14(13(9-12)16(18)19)21-10-11-5-3-2-4-6-11/h2-9,18H,10H2,1H3/q-1. The summed E-state index contributed by atoms with van der Waals surface area (Å²) in [4.78, 5) is 11.4. The van der Waals surface area contributed by atoms with E-state index in [0.717, 1.165) is 5.56 Å². The number of carbonyl (C=O) groups is 1. The minimum atomic E-state index is -0.604. The smallest absolute Gasteiger partial charge is 0.337 e. The number of ether oxygens (including phenoxy) is 2. The Hall–Kier alpha value is -2.57. The van der Waals surface area contributed by atoms with Crippen molar-refractivity contribution in [1.29, 1.82) is 0 Å². The molecule has 0 aliphatic carbocycles. The first kappa shape index (κ1) is 14.8. The van der Waals surface area contributed by atoms with Crippen LogP contribution in [0.2, 0.25) is 0 Å². The number of nitrogens with zero attached hydrogens (tertiary/aromatic N) is 1. The maximum atomic E-state index is 11.4. The molecule has 21 heavy (non-hydrogen) atoms. The van der Waals surface area contributed by atoms with E-state index in [9.17, 15) is 10.0 Å². The maximum Gasteiger partial charge on any atom is 0.337 e. The number of hydrogen-bond acceptors (Lipinski definition) is 6. The molecule has 0 aliphatic rings. The average Bonchev–Trinajstić information content (AvgIpc) is 2.52. The Labute approximate surface area is 121 Å². The van der Waals surface area contributed by atoms with Crippen molar-refractivity contribution in [2.75, 3.05) is 12.3 Å². The highest BCUT2D eigenvalue weighted by Gasteiger charge is 2.11. The highest BCUT2D eigenvalue weighted by atomic mass is 16.8. The van der Waals surface area contributed by atoms with Crippen molar-refractivity contribution in [2.45, 2.75) is 6.61 Å². The lowest BCUT2D eigenvalue weighted by molar-refractivity contribution is 0.0600. The Morgan fingerprint density at radius 3 is 2.57 bits per heavy atom. The molecule has 0 saturated heterocycles. The van der Waals surface area contributed by atoms with Crippen LogP contribution >= 0.6 is 0 Å². The average molecular weight is 288 g/mol. The Morgan fingerprint density at radius 1 is 1.24 bits per heavy atom. The van der Waals surface area contributed by atoms with E-state index < -0.39 is 5.97 Å². The first-order valence-corrected chi connectivity index (χ1v) is 6.17. The lowest BCUT2D eigenvalue weighted by Crippen LogP contribution is -2.11. The lowest BCUT2D eigenvalue weighted by Gasteiger charge is -2.24. The molecule has 0 spiro atoms. The summed E-state index contributed by atoms with van der Waals surface area (Å²) in [5, 5.41) is 20.0. The molecule has 2 aromatic carbocycles. The molecule has 6 nitrogen and oxygen atoms in total. The van der Waals surface area contributed by atoms with Crippen molar-refractivity contribution in [1.82, 2.24) is 0 Å². The van der Waals surface area contributed by atoms with E-state index in [1.807, 2.05) is 30.3 Å². The van der Waals surface area contributed by atoms with Crippen molar-refractivity contribution in [3.05, 3.63) is 64.9 Å². The molecule has 110 valence electrons. The number of rotatable bonds is 5. The molecule has 1 N–H and O–H groups in total. The van der Waals surface area contributed by atoms with Crippen LogP contribution in [0.1, 0.15) is 15.9 Å². The highest BCUT2D eigenvalue weighted by molar-refractivity contribution is 5.91. The van der Waals surface area contributed by atoms with Gasteiger partial charge in [-0.2, -0.15) is 0 Å². The molecule has 2 aromatic rings. The van der Waals surface area contributed by atoms with Gasteiger partial charge in [0.05, 0.1) is 18.4 Å². The summed E-state index contributed by atoms with van der Waals surface area (Å²) in [6.45, 7) is 0.235. The van der Waals surface area contributed by atoms with Crippen LogP contribution in [0.3, 0.4) is 0 Å². The van der Waals surface area contributed by atoms with E-state index >= 15 is 0 Å². The number of hydrogen-bond donors (Lipinski definition) is 1. The third-order valence-electron chi connectivity index (χ3n) is 2.82. The largest absolute Gasteiger partial charge is 0.733 e. The molecule has 2 rings (SSSR count). The SMILES string of the molecule is COC(=O)c1ccc(OCc2ccccc2)c(N([O-])O)c1. The minimum absolute atomic E-state index is 0.148. The van der Waals surface area contributed by atoms with Crippen molar-refractivity contribution >= 4 is 11.7 Å². The third kappa shape index (κ3) is 3.71. The van der Waals surface area contributed by atoms with Gasteiger partial charge in [-0.1, -0.05) is 30.3 Å². The van der Waals surface area contributed by atoms with Gasteiger partial charge in [0.15, 0.2) is 0 Å². The van der Waals surface area contributed by atoms with Crippen LogP contribution in [-0.2, 0) is 11.3 Å². The fraction of sp³-hybridized carbons (Fsp3) is 0.133. The van der Waals surface area contributed by atoms with Crippen LogP contribution in [0.15, 0.2) is 48.5 Å². The second kappa shape index (κ2) is 6.74. The van der Waals surface area contributed by atoms with Gasteiger partial charge >= 0.3 is 5.97 Å². The number of anilines is 1. The van der Waals surface area contributed by atoms with Crippen molar-refractivity contribution < 1.29 is 19.5 Å². The summed E-state index contributed by atoms with van der Waals surface area (Å²) in [5.41, 5.74) is 0.902. The molecular formula is C15H14NO5-. The molecule has 0 bridgehead atoms. The molecule has 0 aliphatic heterocycles. The zero-order valence-corrected chi connectivity index (χ0v) is 11.4. The Morgan fingerprint density at radius 2 is 1.95 bits per heavy atom. The van der Waals surface area contributed by atoms with E-state index in [1.165, 1.54) is 25.3 Å². The molecular weight excluding hydrogens is 274 g/mol. The monoisotopic (exact) mass is 288 g/mol. The van der Waals surface area contributed by atoms with Crippen LogP contribution < -0.4 is 9.96 Å². The van der Waals surface area contributed by atoms with E-state index in [1.54, 1.807) is 0 Å². The first-order chi connectivity index (χ1) is 10.1. The fourth-order valence-electron chi connectivity index (χ4n) is 1.77. The maximum absolute atomic E-state index is 11.4. The summed E-state index contributed by atoms with van der Waals surface area (Å²) >= 11 is 0. The second-order valence-electron chi connectivity index (χ2n) is 4.22. The topological polar surface area (TPSA) is 82.1 Å². The van der Waals surface area contributed by atoms with Gasteiger partial charge in [0, 0.05) is 0 Å². The lowest BCUT2D eigenvalue weighted by atomic mass is 10.2. The van der Waals surface area contributed by atoms with Crippen molar-refractivity contribution in [3.63, 3.8) is 0 Å². The molecule has 0 atom stereocenters. The van der Waals surface area contributed by atoms with Crippen LogP contribution in [0.5, 0.6) is 5.75 Å². The van der Waals surface area contributed by atoms with Crippen molar-refractivity contribution in [2.24, 2.45) is 0 Å². The molecule has 0 saturated carbocycles. The highest BCUT2D eigenvalue weighted by Crippen LogP contribution is 2.29. The fourth-order valence-corrected chi connectivity index (χ4v) is 1.77. The predicted octanol–water partition coefficient (Wildman–Crippen LogP) is 2.75. The zero-order valence-electron chi connectivity index (χ0n) is 11.4. The van der Waals surface area contributed by atoms with Crippen LogP contribution in [0.25, 0.3) is 0 Å². The van der Waals surface area contributed by atoms with Crippen LogP contribution in [0.4, 0.5) is 5.69 Å². The molecule has 0 unspecified atom stereocenters. The Balaban J connectivity index is 2.20. The predicted molar refractivity (Wildman–Crippen MR) is 76.2 cm³/mol. The molecule has 0 fully saturated rings. The first-order valence-electron chi connectivity index (χ1n) is 6.17. The number of methoxy groups -OCH3 is 1. The normalized spacial score (nSPS) is 10.0. The summed E-state index contributed by atoms with van der Waals surface area (Å²) in [6, 6.07) is 13.5.